The highest BCUT2D eigenvalue weighted by Gasteiger charge is 2.19. The monoisotopic (exact) mass is 316 g/mol. The standard InChI is InChI=1S/C20H16N2O2/c1-12-6-5-11-21-19(12)22-20(23)17-13(2)15-10-9-14-7-3-4-8-16(14)18(15)24-17/h3-11H,1-2H3,(H,21,22,23). The quantitative estimate of drug-likeness (QED) is 0.575. The molecular weight excluding hydrogens is 300 g/mol. The maximum atomic E-state index is 12.6. The van der Waals surface area contributed by atoms with E-state index < -0.39 is 0 Å². The van der Waals surface area contributed by atoms with Crippen LogP contribution in [0.25, 0.3) is 21.7 Å². The van der Waals surface area contributed by atoms with Gasteiger partial charge in [-0.05, 0) is 30.9 Å². The van der Waals surface area contributed by atoms with Crippen LogP contribution in [0.3, 0.4) is 0 Å². The van der Waals surface area contributed by atoms with Crippen molar-refractivity contribution in [1.82, 2.24) is 4.98 Å². The van der Waals surface area contributed by atoms with Gasteiger partial charge in [0.15, 0.2) is 5.76 Å². The number of anilines is 1. The molecule has 0 aliphatic rings. The molecule has 0 atom stereocenters. The third-order valence-electron chi connectivity index (χ3n) is 4.28. The molecule has 0 saturated carbocycles. The van der Waals surface area contributed by atoms with Crippen LogP contribution in [0.1, 0.15) is 21.7 Å². The molecule has 4 aromatic rings. The summed E-state index contributed by atoms with van der Waals surface area (Å²) < 4.78 is 5.95. The van der Waals surface area contributed by atoms with E-state index in [-0.39, 0.29) is 5.91 Å². The molecule has 0 spiro atoms. The molecular formula is C20H16N2O2. The Balaban J connectivity index is 1.82. The largest absolute Gasteiger partial charge is 0.450 e. The Morgan fingerprint density at radius 3 is 2.67 bits per heavy atom. The van der Waals surface area contributed by atoms with Gasteiger partial charge in [-0.1, -0.05) is 42.5 Å². The van der Waals surface area contributed by atoms with Gasteiger partial charge in [0.05, 0.1) is 0 Å². The smallest absolute Gasteiger partial charge is 0.292 e. The lowest BCUT2D eigenvalue weighted by Gasteiger charge is -2.05. The van der Waals surface area contributed by atoms with E-state index in [4.69, 9.17) is 4.42 Å². The number of rotatable bonds is 2. The number of pyridine rings is 1. The van der Waals surface area contributed by atoms with E-state index in [9.17, 15) is 4.79 Å². The molecule has 2 aromatic carbocycles. The number of amides is 1. The summed E-state index contributed by atoms with van der Waals surface area (Å²) in [6, 6.07) is 15.8. The SMILES string of the molecule is Cc1cccnc1NC(=O)c1oc2c(ccc3ccccc32)c1C. The Bertz CT molecular complexity index is 1080. The minimum absolute atomic E-state index is 0.283. The highest BCUT2D eigenvalue weighted by atomic mass is 16.3. The summed E-state index contributed by atoms with van der Waals surface area (Å²) in [7, 11) is 0. The van der Waals surface area contributed by atoms with Crippen LogP contribution in [0.15, 0.2) is 59.1 Å². The number of nitrogens with zero attached hydrogens (tertiary/aromatic N) is 1. The normalized spacial score (nSPS) is 11.1. The van der Waals surface area contributed by atoms with Crippen LogP contribution in [0, 0.1) is 13.8 Å². The zero-order valence-corrected chi connectivity index (χ0v) is 13.5. The summed E-state index contributed by atoms with van der Waals surface area (Å²) >= 11 is 0. The van der Waals surface area contributed by atoms with E-state index in [1.807, 2.05) is 62.4 Å². The molecule has 4 rings (SSSR count). The van der Waals surface area contributed by atoms with E-state index in [2.05, 4.69) is 10.3 Å². The van der Waals surface area contributed by atoms with Gasteiger partial charge < -0.3 is 9.73 Å². The van der Waals surface area contributed by atoms with Gasteiger partial charge in [-0.2, -0.15) is 0 Å². The minimum Gasteiger partial charge on any atom is -0.450 e. The van der Waals surface area contributed by atoms with Crippen LogP contribution in [-0.4, -0.2) is 10.9 Å². The molecule has 0 unspecified atom stereocenters. The minimum atomic E-state index is -0.283. The number of fused-ring (bicyclic) bond motifs is 3. The Morgan fingerprint density at radius 2 is 1.83 bits per heavy atom. The van der Waals surface area contributed by atoms with Crippen molar-refractivity contribution in [2.75, 3.05) is 5.32 Å². The third kappa shape index (κ3) is 2.24. The summed E-state index contributed by atoms with van der Waals surface area (Å²) in [5.74, 6) is 0.591. The molecule has 2 heterocycles. The molecule has 0 radical (unpaired) electrons. The molecule has 0 aliphatic carbocycles. The third-order valence-corrected chi connectivity index (χ3v) is 4.28. The summed E-state index contributed by atoms with van der Waals surface area (Å²) in [6.07, 6.45) is 1.65. The number of carbonyl (C=O) groups excluding carboxylic acids is 1. The molecule has 0 fully saturated rings. The number of hydrogen-bond donors (Lipinski definition) is 1. The predicted octanol–water partition coefficient (Wildman–Crippen LogP) is 4.85. The molecule has 1 amide bonds. The molecule has 0 bridgehead atoms. The molecule has 2 aromatic heterocycles. The second-order valence-electron chi connectivity index (χ2n) is 5.84. The van der Waals surface area contributed by atoms with E-state index in [1.54, 1.807) is 6.20 Å². The van der Waals surface area contributed by atoms with Crippen LogP contribution in [0.4, 0.5) is 5.82 Å². The average molecular weight is 316 g/mol. The van der Waals surface area contributed by atoms with Gasteiger partial charge in [0.25, 0.3) is 5.91 Å². The summed E-state index contributed by atoms with van der Waals surface area (Å²) in [5, 5.41) is 5.88. The van der Waals surface area contributed by atoms with Crippen molar-refractivity contribution in [3.05, 3.63) is 71.6 Å². The van der Waals surface area contributed by atoms with E-state index in [0.29, 0.717) is 11.6 Å². The summed E-state index contributed by atoms with van der Waals surface area (Å²) in [4.78, 5) is 16.9. The highest BCUT2D eigenvalue weighted by Crippen LogP contribution is 2.32. The topological polar surface area (TPSA) is 55.1 Å². The van der Waals surface area contributed by atoms with Crippen LogP contribution in [0.5, 0.6) is 0 Å². The number of aromatic nitrogens is 1. The Hall–Kier alpha value is -3.14. The van der Waals surface area contributed by atoms with E-state index in [0.717, 1.165) is 32.9 Å². The molecule has 118 valence electrons. The van der Waals surface area contributed by atoms with Crippen molar-refractivity contribution in [2.24, 2.45) is 0 Å². The van der Waals surface area contributed by atoms with Crippen LogP contribution >= 0.6 is 0 Å². The van der Waals surface area contributed by atoms with Crippen molar-refractivity contribution in [2.45, 2.75) is 13.8 Å². The van der Waals surface area contributed by atoms with Crippen LogP contribution < -0.4 is 5.32 Å². The predicted molar refractivity (Wildman–Crippen MR) is 95.4 cm³/mol. The van der Waals surface area contributed by atoms with Gasteiger partial charge in [0.2, 0.25) is 0 Å². The first-order chi connectivity index (χ1) is 11.6. The second kappa shape index (κ2) is 5.49. The highest BCUT2D eigenvalue weighted by molar-refractivity contribution is 6.11. The first-order valence-electron chi connectivity index (χ1n) is 7.79. The van der Waals surface area contributed by atoms with Gasteiger partial charge in [0, 0.05) is 22.5 Å². The van der Waals surface area contributed by atoms with E-state index in [1.165, 1.54) is 0 Å². The molecule has 0 saturated heterocycles. The van der Waals surface area contributed by atoms with Crippen molar-refractivity contribution >= 4 is 33.5 Å². The number of carbonyl (C=O) groups is 1. The van der Waals surface area contributed by atoms with Gasteiger partial charge in [-0.25, -0.2) is 4.98 Å². The number of benzene rings is 2. The number of aryl methyl sites for hydroxylation is 2. The van der Waals surface area contributed by atoms with Crippen LogP contribution in [-0.2, 0) is 0 Å². The second-order valence-corrected chi connectivity index (χ2v) is 5.84. The van der Waals surface area contributed by atoms with Gasteiger partial charge in [0.1, 0.15) is 11.4 Å². The van der Waals surface area contributed by atoms with Gasteiger partial charge in [-0.3, -0.25) is 4.79 Å². The molecule has 24 heavy (non-hydrogen) atoms. The number of nitrogens with one attached hydrogen (secondary N) is 1. The fourth-order valence-corrected chi connectivity index (χ4v) is 2.95. The lowest BCUT2D eigenvalue weighted by Crippen LogP contribution is -2.14. The average Bonchev–Trinajstić information content (AvgIpc) is 2.94. The van der Waals surface area contributed by atoms with Crippen molar-refractivity contribution in [3.8, 4) is 0 Å². The van der Waals surface area contributed by atoms with Crippen LogP contribution in [0.2, 0.25) is 0 Å². The molecule has 0 aliphatic heterocycles. The Morgan fingerprint density at radius 1 is 1.00 bits per heavy atom. The number of hydrogen-bond acceptors (Lipinski definition) is 3. The summed E-state index contributed by atoms with van der Waals surface area (Å²) in [6.45, 7) is 3.81. The first kappa shape index (κ1) is 14.5. The molecule has 4 heteroatoms. The van der Waals surface area contributed by atoms with Gasteiger partial charge in [-0.15, -0.1) is 0 Å². The fraction of sp³-hybridized carbons (Fsp3) is 0.100. The summed E-state index contributed by atoms with van der Waals surface area (Å²) in [5.41, 5.74) is 2.49. The number of furan rings is 1. The zero-order chi connectivity index (χ0) is 16.7. The molecule has 4 nitrogen and oxygen atoms in total. The van der Waals surface area contributed by atoms with Crippen molar-refractivity contribution in [1.29, 1.82) is 0 Å². The van der Waals surface area contributed by atoms with Crippen molar-refractivity contribution in [3.63, 3.8) is 0 Å². The maximum Gasteiger partial charge on any atom is 0.292 e. The Kier molecular flexibility index (Phi) is 3.31. The molecule has 1 N–H and O–H groups in total. The first-order valence-corrected chi connectivity index (χ1v) is 7.79. The lowest BCUT2D eigenvalue weighted by molar-refractivity contribution is 0.0997. The Labute approximate surface area is 139 Å². The van der Waals surface area contributed by atoms with E-state index >= 15 is 0 Å². The zero-order valence-electron chi connectivity index (χ0n) is 13.5. The van der Waals surface area contributed by atoms with Gasteiger partial charge >= 0.3 is 0 Å². The lowest BCUT2D eigenvalue weighted by atomic mass is 10.1. The maximum absolute atomic E-state index is 12.6. The fourth-order valence-electron chi connectivity index (χ4n) is 2.95. The van der Waals surface area contributed by atoms with Crippen molar-refractivity contribution < 1.29 is 9.21 Å².